The van der Waals surface area contributed by atoms with Crippen molar-refractivity contribution in [1.29, 1.82) is 0 Å². The van der Waals surface area contributed by atoms with E-state index >= 15 is 0 Å². The zero-order chi connectivity index (χ0) is 19.9. The molecule has 0 aliphatic carbocycles. The summed E-state index contributed by atoms with van der Waals surface area (Å²) in [5, 5.41) is 0. The van der Waals surface area contributed by atoms with E-state index in [1.807, 2.05) is 60.4 Å². The van der Waals surface area contributed by atoms with Crippen LogP contribution in [0.1, 0.15) is 17.3 Å². The molecule has 0 bridgehead atoms. The Morgan fingerprint density at radius 3 is 2.29 bits per heavy atom. The van der Waals surface area contributed by atoms with E-state index in [9.17, 15) is 9.59 Å². The fraction of sp³-hybridized carbons (Fsp3) is 0.364. The molecule has 0 aromatic heterocycles. The number of likely N-dealkylation sites (N-methyl/N-ethyl adjacent to an activating group) is 1. The van der Waals surface area contributed by atoms with Crippen LogP contribution in [0.3, 0.4) is 0 Å². The van der Waals surface area contributed by atoms with E-state index in [4.69, 9.17) is 4.74 Å². The molecular formula is C22H27N3O3. The van der Waals surface area contributed by atoms with Crippen molar-refractivity contribution in [2.24, 2.45) is 0 Å². The Kier molecular flexibility index (Phi) is 6.66. The lowest BCUT2D eigenvalue weighted by Gasteiger charge is -2.35. The van der Waals surface area contributed by atoms with Gasteiger partial charge >= 0.3 is 0 Å². The monoisotopic (exact) mass is 381 g/mol. The third-order valence-corrected chi connectivity index (χ3v) is 4.95. The van der Waals surface area contributed by atoms with Crippen LogP contribution >= 0.6 is 0 Å². The standard InChI is InChI=1S/C22H27N3O3/c1-3-28-20-12-8-7-11-19(20)22(27)25-15-13-24(14-16-25)17-21(26)23(2)18-9-5-4-6-10-18/h4-12H,3,13-17H2,1-2H3. The minimum atomic E-state index is -0.0172. The van der Waals surface area contributed by atoms with Crippen molar-refractivity contribution >= 4 is 17.5 Å². The Balaban J connectivity index is 1.54. The Hall–Kier alpha value is -2.86. The van der Waals surface area contributed by atoms with Gasteiger partial charge in [-0.1, -0.05) is 30.3 Å². The molecule has 0 N–H and O–H groups in total. The maximum Gasteiger partial charge on any atom is 0.257 e. The third-order valence-electron chi connectivity index (χ3n) is 4.95. The molecule has 1 aliphatic rings. The minimum absolute atomic E-state index is 0.0172. The first kappa shape index (κ1) is 19.9. The molecule has 6 heteroatoms. The highest BCUT2D eigenvalue weighted by molar-refractivity contribution is 5.97. The van der Waals surface area contributed by atoms with Crippen molar-refractivity contribution in [3.8, 4) is 5.75 Å². The third kappa shape index (κ3) is 4.70. The van der Waals surface area contributed by atoms with Crippen LogP contribution in [0.15, 0.2) is 54.6 Å². The number of benzene rings is 2. The quantitative estimate of drug-likeness (QED) is 0.772. The van der Waals surface area contributed by atoms with E-state index in [0.717, 1.165) is 5.69 Å². The van der Waals surface area contributed by atoms with Gasteiger partial charge in [0.2, 0.25) is 5.91 Å². The van der Waals surface area contributed by atoms with Gasteiger partial charge in [0, 0.05) is 38.9 Å². The number of carbonyl (C=O) groups is 2. The van der Waals surface area contributed by atoms with Gasteiger partial charge in [-0.25, -0.2) is 0 Å². The molecule has 2 aromatic carbocycles. The molecular weight excluding hydrogens is 354 g/mol. The predicted molar refractivity (Wildman–Crippen MR) is 110 cm³/mol. The number of ether oxygens (including phenoxy) is 1. The molecule has 0 unspecified atom stereocenters. The summed E-state index contributed by atoms with van der Waals surface area (Å²) < 4.78 is 5.58. The number of rotatable bonds is 6. The van der Waals surface area contributed by atoms with E-state index in [1.165, 1.54) is 0 Å². The first-order valence-electron chi connectivity index (χ1n) is 9.65. The van der Waals surface area contributed by atoms with Crippen LogP contribution in [-0.4, -0.2) is 68.0 Å². The molecule has 6 nitrogen and oxygen atoms in total. The second-order valence-electron chi connectivity index (χ2n) is 6.79. The fourth-order valence-corrected chi connectivity index (χ4v) is 3.30. The smallest absolute Gasteiger partial charge is 0.257 e. The molecule has 0 atom stereocenters. The van der Waals surface area contributed by atoms with Gasteiger partial charge in [-0.2, -0.15) is 0 Å². The van der Waals surface area contributed by atoms with Crippen LogP contribution in [-0.2, 0) is 4.79 Å². The Labute approximate surface area is 166 Å². The highest BCUT2D eigenvalue weighted by atomic mass is 16.5. The fourth-order valence-electron chi connectivity index (χ4n) is 3.30. The first-order chi connectivity index (χ1) is 13.6. The summed E-state index contributed by atoms with van der Waals surface area (Å²) in [6.45, 7) is 5.33. The second kappa shape index (κ2) is 9.37. The first-order valence-corrected chi connectivity index (χ1v) is 9.65. The average Bonchev–Trinajstić information content (AvgIpc) is 2.74. The van der Waals surface area contributed by atoms with Gasteiger partial charge in [0.05, 0.1) is 18.7 Å². The molecule has 0 radical (unpaired) electrons. The van der Waals surface area contributed by atoms with Crippen LogP contribution in [0.25, 0.3) is 0 Å². The van der Waals surface area contributed by atoms with Gasteiger partial charge in [0.1, 0.15) is 5.75 Å². The Morgan fingerprint density at radius 2 is 1.61 bits per heavy atom. The van der Waals surface area contributed by atoms with Crippen molar-refractivity contribution in [2.75, 3.05) is 51.3 Å². The number of hydrogen-bond donors (Lipinski definition) is 0. The number of carbonyl (C=O) groups excluding carboxylic acids is 2. The maximum atomic E-state index is 12.9. The van der Waals surface area contributed by atoms with Crippen molar-refractivity contribution in [1.82, 2.24) is 9.80 Å². The number of hydrogen-bond acceptors (Lipinski definition) is 4. The van der Waals surface area contributed by atoms with E-state index in [-0.39, 0.29) is 11.8 Å². The molecule has 148 valence electrons. The molecule has 1 fully saturated rings. The molecule has 1 saturated heterocycles. The normalized spacial score (nSPS) is 14.6. The molecule has 1 heterocycles. The second-order valence-corrected chi connectivity index (χ2v) is 6.79. The summed E-state index contributed by atoms with van der Waals surface area (Å²) in [4.78, 5) is 31.0. The zero-order valence-electron chi connectivity index (χ0n) is 16.5. The topological polar surface area (TPSA) is 53.1 Å². The van der Waals surface area contributed by atoms with Gasteiger partial charge in [0.15, 0.2) is 0 Å². The van der Waals surface area contributed by atoms with E-state index in [0.29, 0.717) is 50.6 Å². The molecule has 28 heavy (non-hydrogen) atoms. The summed E-state index contributed by atoms with van der Waals surface area (Å²) in [6.07, 6.45) is 0. The molecule has 2 aromatic rings. The lowest BCUT2D eigenvalue weighted by Crippen LogP contribution is -2.51. The van der Waals surface area contributed by atoms with Gasteiger partial charge in [-0.05, 0) is 31.2 Å². The van der Waals surface area contributed by atoms with E-state index < -0.39 is 0 Å². The number of piperazine rings is 1. The Bertz CT molecular complexity index is 802. The van der Waals surface area contributed by atoms with Gasteiger partial charge in [0.25, 0.3) is 5.91 Å². The number of amides is 2. The van der Waals surface area contributed by atoms with E-state index in [1.54, 1.807) is 18.0 Å². The zero-order valence-corrected chi connectivity index (χ0v) is 16.5. The molecule has 0 spiro atoms. The maximum absolute atomic E-state index is 12.9. The average molecular weight is 381 g/mol. The summed E-state index contributed by atoms with van der Waals surface area (Å²) in [5.74, 6) is 0.654. The van der Waals surface area contributed by atoms with Crippen LogP contribution in [0.4, 0.5) is 5.69 Å². The summed E-state index contributed by atoms with van der Waals surface area (Å²) in [6, 6.07) is 17.0. The number of para-hydroxylation sites is 2. The Morgan fingerprint density at radius 1 is 0.964 bits per heavy atom. The van der Waals surface area contributed by atoms with Gasteiger partial charge < -0.3 is 14.5 Å². The van der Waals surface area contributed by atoms with Crippen LogP contribution in [0.5, 0.6) is 5.75 Å². The number of nitrogens with zero attached hydrogens (tertiary/aromatic N) is 3. The molecule has 3 rings (SSSR count). The van der Waals surface area contributed by atoms with Crippen LogP contribution in [0.2, 0.25) is 0 Å². The lowest BCUT2D eigenvalue weighted by molar-refractivity contribution is -0.119. The minimum Gasteiger partial charge on any atom is -0.493 e. The van der Waals surface area contributed by atoms with Crippen molar-refractivity contribution in [3.63, 3.8) is 0 Å². The summed E-state index contributed by atoms with van der Waals surface area (Å²) >= 11 is 0. The largest absolute Gasteiger partial charge is 0.493 e. The van der Waals surface area contributed by atoms with Crippen LogP contribution in [0, 0.1) is 0 Å². The van der Waals surface area contributed by atoms with Gasteiger partial charge in [-0.3, -0.25) is 14.5 Å². The van der Waals surface area contributed by atoms with Crippen LogP contribution < -0.4 is 9.64 Å². The lowest BCUT2D eigenvalue weighted by atomic mass is 10.1. The van der Waals surface area contributed by atoms with Crippen molar-refractivity contribution in [3.05, 3.63) is 60.2 Å². The molecule has 2 amide bonds. The highest BCUT2D eigenvalue weighted by Crippen LogP contribution is 2.21. The van der Waals surface area contributed by atoms with Crippen molar-refractivity contribution in [2.45, 2.75) is 6.92 Å². The van der Waals surface area contributed by atoms with Gasteiger partial charge in [-0.15, -0.1) is 0 Å². The van der Waals surface area contributed by atoms with E-state index in [2.05, 4.69) is 4.90 Å². The summed E-state index contributed by atoms with van der Waals surface area (Å²) in [5.41, 5.74) is 1.48. The predicted octanol–water partition coefficient (Wildman–Crippen LogP) is 2.51. The molecule has 1 aliphatic heterocycles. The van der Waals surface area contributed by atoms with Crippen molar-refractivity contribution < 1.29 is 14.3 Å². The molecule has 0 saturated carbocycles. The SMILES string of the molecule is CCOc1ccccc1C(=O)N1CCN(CC(=O)N(C)c2ccccc2)CC1. The summed E-state index contributed by atoms with van der Waals surface area (Å²) in [7, 11) is 1.79. The highest BCUT2D eigenvalue weighted by Gasteiger charge is 2.25. The number of anilines is 1.